The number of ether oxygens (including phenoxy) is 1. The van der Waals surface area contributed by atoms with Crippen molar-refractivity contribution in [3.05, 3.63) is 70.8 Å². The van der Waals surface area contributed by atoms with Gasteiger partial charge in [-0.1, -0.05) is 63.2 Å². The Bertz CT molecular complexity index is 835. The monoisotopic (exact) mass is 335 g/mol. The van der Waals surface area contributed by atoms with Crippen molar-refractivity contribution < 1.29 is 19.1 Å². The number of hydrogen-bond donors (Lipinski definition) is 0. The molecule has 25 heavy (non-hydrogen) atoms. The standard InChI is InChI=1S/C21H19O4/c1-13(22)25-21(15-11-9-14(10-12-15)20(2,3)4)18(23)16-7-5-6-8-17(16)19(21)24/h5-11H,1-4H3. The van der Waals surface area contributed by atoms with E-state index in [0.29, 0.717) is 0 Å². The van der Waals surface area contributed by atoms with Crippen LogP contribution in [0.5, 0.6) is 0 Å². The predicted octanol–water partition coefficient (Wildman–Crippen LogP) is 3.62. The Balaban J connectivity index is 2.18. The van der Waals surface area contributed by atoms with Crippen LogP contribution in [0.25, 0.3) is 0 Å². The Kier molecular flexibility index (Phi) is 3.87. The second-order valence-corrected chi connectivity index (χ2v) is 7.22. The van der Waals surface area contributed by atoms with E-state index in [2.05, 4.69) is 26.8 Å². The van der Waals surface area contributed by atoms with Gasteiger partial charge in [0.25, 0.3) is 5.60 Å². The molecule has 0 spiro atoms. The summed E-state index contributed by atoms with van der Waals surface area (Å²) in [6, 6.07) is 14.7. The molecule has 0 saturated heterocycles. The minimum Gasteiger partial charge on any atom is -0.437 e. The minimum absolute atomic E-state index is 0.101. The summed E-state index contributed by atoms with van der Waals surface area (Å²) in [6.07, 6.45) is 0. The fourth-order valence-electron chi connectivity index (χ4n) is 3.08. The van der Waals surface area contributed by atoms with Crippen LogP contribution in [-0.4, -0.2) is 17.5 Å². The van der Waals surface area contributed by atoms with E-state index in [9.17, 15) is 14.4 Å². The van der Waals surface area contributed by atoms with Crippen molar-refractivity contribution in [2.75, 3.05) is 0 Å². The molecular weight excluding hydrogens is 316 g/mol. The van der Waals surface area contributed by atoms with Gasteiger partial charge in [0.1, 0.15) is 0 Å². The molecule has 0 N–H and O–H groups in total. The quantitative estimate of drug-likeness (QED) is 0.621. The van der Waals surface area contributed by atoms with Crippen molar-refractivity contribution >= 4 is 17.5 Å². The third-order valence-corrected chi connectivity index (χ3v) is 4.41. The van der Waals surface area contributed by atoms with Crippen molar-refractivity contribution in [1.82, 2.24) is 0 Å². The number of carbonyl (C=O) groups is 3. The van der Waals surface area contributed by atoms with Gasteiger partial charge in [0.15, 0.2) is 0 Å². The van der Waals surface area contributed by atoms with Crippen LogP contribution in [0.3, 0.4) is 0 Å². The second kappa shape index (κ2) is 5.66. The fourth-order valence-corrected chi connectivity index (χ4v) is 3.08. The Morgan fingerprint density at radius 3 is 1.96 bits per heavy atom. The summed E-state index contributed by atoms with van der Waals surface area (Å²) in [6.45, 7) is 7.35. The molecule has 3 rings (SSSR count). The number of rotatable bonds is 2. The average Bonchev–Trinajstić information content (AvgIpc) is 2.77. The number of esters is 1. The van der Waals surface area contributed by atoms with E-state index in [1.54, 1.807) is 36.4 Å². The van der Waals surface area contributed by atoms with Gasteiger partial charge in [-0.15, -0.1) is 0 Å². The molecule has 2 aromatic carbocycles. The summed E-state index contributed by atoms with van der Waals surface area (Å²) in [5.74, 6) is -1.74. The molecule has 0 aliphatic heterocycles. The molecule has 0 atom stereocenters. The van der Waals surface area contributed by atoms with Crippen LogP contribution in [0.1, 0.15) is 59.5 Å². The van der Waals surface area contributed by atoms with E-state index in [0.717, 1.165) is 5.56 Å². The van der Waals surface area contributed by atoms with E-state index in [1.165, 1.54) is 6.92 Å². The largest absolute Gasteiger partial charge is 0.437 e. The number of hydrogen-bond acceptors (Lipinski definition) is 4. The van der Waals surface area contributed by atoms with Gasteiger partial charge >= 0.3 is 5.97 Å². The molecule has 0 aromatic heterocycles. The number of carbonyl (C=O) groups excluding carboxylic acids is 3. The van der Waals surface area contributed by atoms with Crippen LogP contribution in [0.2, 0.25) is 0 Å². The topological polar surface area (TPSA) is 60.4 Å². The van der Waals surface area contributed by atoms with Gasteiger partial charge in [-0.25, -0.2) is 0 Å². The Morgan fingerprint density at radius 1 is 1.00 bits per heavy atom. The normalized spacial score (nSPS) is 15.8. The van der Waals surface area contributed by atoms with Gasteiger partial charge in [0.2, 0.25) is 11.6 Å². The predicted molar refractivity (Wildman–Crippen MR) is 92.5 cm³/mol. The lowest BCUT2D eigenvalue weighted by atomic mass is 9.83. The van der Waals surface area contributed by atoms with Crippen LogP contribution < -0.4 is 0 Å². The van der Waals surface area contributed by atoms with Gasteiger partial charge in [-0.2, -0.15) is 0 Å². The van der Waals surface area contributed by atoms with Gasteiger partial charge in [-0.3, -0.25) is 14.4 Å². The van der Waals surface area contributed by atoms with Crippen molar-refractivity contribution in [2.24, 2.45) is 0 Å². The first-order chi connectivity index (χ1) is 11.7. The lowest BCUT2D eigenvalue weighted by Gasteiger charge is -2.27. The van der Waals surface area contributed by atoms with Crippen LogP contribution in [0.4, 0.5) is 0 Å². The number of ketones is 2. The molecule has 1 radical (unpaired) electrons. The van der Waals surface area contributed by atoms with E-state index in [-0.39, 0.29) is 22.1 Å². The van der Waals surface area contributed by atoms with Crippen LogP contribution >= 0.6 is 0 Å². The third-order valence-electron chi connectivity index (χ3n) is 4.41. The zero-order valence-corrected chi connectivity index (χ0v) is 14.7. The van der Waals surface area contributed by atoms with E-state index in [4.69, 9.17) is 4.74 Å². The summed E-state index contributed by atoms with van der Waals surface area (Å²) in [4.78, 5) is 37.8. The van der Waals surface area contributed by atoms with Crippen molar-refractivity contribution in [2.45, 2.75) is 38.7 Å². The van der Waals surface area contributed by atoms with Crippen LogP contribution in [0.15, 0.2) is 42.5 Å². The summed E-state index contributed by atoms with van der Waals surface area (Å²) in [5.41, 5.74) is -0.294. The average molecular weight is 335 g/mol. The van der Waals surface area contributed by atoms with Crippen molar-refractivity contribution in [1.29, 1.82) is 0 Å². The van der Waals surface area contributed by atoms with Crippen LogP contribution in [0, 0.1) is 6.07 Å². The SMILES string of the molecule is CC(=O)OC1(c2[c]cc(C(C)(C)C)cc2)C(=O)c2ccccc2C1=O. The Morgan fingerprint density at radius 2 is 1.56 bits per heavy atom. The van der Waals surface area contributed by atoms with Gasteiger partial charge in [0, 0.05) is 23.6 Å². The minimum atomic E-state index is -1.98. The summed E-state index contributed by atoms with van der Waals surface area (Å²) < 4.78 is 5.35. The first-order valence-corrected chi connectivity index (χ1v) is 8.09. The Hall–Kier alpha value is -2.75. The molecule has 1 aliphatic carbocycles. The number of benzene rings is 2. The first-order valence-electron chi connectivity index (χ1n) is 8.09. The zero-order valence-electron chi connectivity index (χ0n) is 14.7. The number of fused-ring (bicyclic) bond motifs is 1. The Labute approximate surface area is 146 Å². The van der Waals surface area contributed by atoms with Gasteiger partial charge in [0.05, 0.1) is 0 Å². The maximum absolute atomic E-state index is 13.0. The van der Waals surface area contributed by atoms with E-state index in [1.807, 2.05) is 6.07 Å². The molecule has 0 fully saturated rings. The molecular formula is C21H19O4. The lowest BCUT2D eigenvalue weighted by molar-refractivity contribution is -0.149. The lowest BCUT2D eigenvalue weighted by Crippen LogP contribution is -2.42. The van der Waals surface area contributed by atoms with Crippen LogP contribution in [-0.2, 0) is 20.5 Å². The van der Waals surface area contributed by atoms with Crippen molar-refractivity contribution in [3.63, 3.8) is 0 Å². The molecule has 0 unspecified atom stereocenters. The summed E-state index contributed by atoms with van der Waals surface area (Å²) >= 11 is 0. The zero-order chi connectivity index (χ0) is 18.4. The fraction of sp³-hybridized carbons (Fsp3) is 0.286. The summed E-state index contributed by atoms with van der Waals surface area (Å²) in [7, 11) is 0. The highest BCUT2D eigenvalue weighted by Crippen LogP contribution is 2.41. The molecule has 0 saturated carbocycles. The molecule has 4 nitrogen and oxygen atoms in total. The first kappa shape index (κ1) is 17.1. The molecule has 1 aliphatic rings. The molecule has 2 aromatic rings. The highest BCUT2D eigenvalue weighted by molar-refractivity contribution is 6.32. The van der Waals surface area contributed by atoms with Gasteiger partial charge in [-0.05, 0) is 17.0 Å². The maximum Gasteiger partial charge on any atom is 0.304 e. The van der Waals surface area contributed by atoms with E-state index < -0.39 is 23.1 Å². The summed E-state index contributed by atoms with van der Waals surface area (Å²) in [5, 5.41) is 0. The molecule has 0 bridgehead atoms. The van der Waals surface area contributed by atoms with Crippen molar-refractivity contribution in [3.8, 4) is 0 Å². The van der Waals surface area contributed by atoms with E-state index >= 15 is 0 Å². The second-order valence-electron chi connectivity index (χ2n) is 7.22. The molecule has 0 amide bonds. The maximum atomic E-state index is 13.0. The highest BCUT2D eigenvalue weighted by Gasteiger charge is 2.57. The molecule has 0 heterocycles. The molecule has 127 valence electrons. The number of Topliss-reactive ketones (excluding diaryl/α,β-unsaturated/α-hetero) is 2. The molecule has 4 heteroatoms. The third kappa shape index (κ3) is 2.58. The highest BCUT2D eigenvalue weighted by atomic mass is 16.6. The smallest absolute Gasteiger partial charge is 0.304 e. The van der Waals surface area contributed by atoms with Gasteiger partial charge < -0.3 is 4.74 Å².